The molecule has 3 rings (SSSR count). The van der Waals surface area contributed by atoms with E-state index >= 15 is 0 Å². The summed E-state index contributed by atoms with van der Waals surface area (Å²) in [5.41, 5.74) is 1.98. The molecule has 122 valence electrons. The first-order valence-electron chi connectivity index (χ1n) is 7.54. The van der Waals surface area contributed by atoms with Gasteiger partial charge in [-0.05, 0) is 24.1 Å². The first-order valence-corrected chi connectivity index (χ1v) is 7.54. The molecule has 3 amide bonds. The molecule has 24 heavy (non-hydrogen) atoms. The van der Waals surface area contributed by atoms with Crippen molar-refractivity contribution in [2.75, 3.05) is 18.5 Å². The summed E-state index contributed by atoms with van der Waals surface area (Å²) in [6.07, 6.45) is 4.03. The Morgan fingerprint density at radius 2 is 1.92 bits per heavy atom. The number of hydrogen-bond acceptors (Lipinski definition) is 5. The van der Waals surface area contributed by atoms with Gasteiger partial charge < -0.3 is 10.2 Å². The molecule has 0 atom stereocenters. The number of imide groups is 1. The Bertz CT molecular complexity index is 789. The highest BCUT2D eigenvalue weighted by Crippen LogP contribution is 2.11. The summed E-state index contributed by atoms with van der Waals surface area (Å²) in [7, 11) is 1.92. The molecule has 0 saturated carbocycles. The minimum absolute atomic E-state index is 0.177. The lowest BCUT2D eigenvalue weighted by molar-refractivity contribution is -0.115. The predicted molar refractivity (Wildman–Crippen MR) is 90.1 cm³/mol. The summed E-state index contributed by atoms with van der Waals surface area (Å²) in [4.78, 5) is 33.3. The third-order valence-electron chi connectivity index (χ3n) is 3.60. The fourth-order valence-electron chi connectivity index (χ4n) is 2.30. The van der Waals surface area contributed by atoms with Crippen LogP contribution in [0.2, 0.25) is 0 Å². The van der Waals surface area contributed by atoms with Crippen molar-refractivity contribution in [2.45, 2.75) is 6.42 Å². The van der Waals surface area contributed by atoms with Gasteiger partial charge in [0.05, 0.1) is 5.69 Å². The molecular weight excluding hydrogens is 306 g/mol. The Balaban J connectivity index is 1.69. The second-order valence-corrected chi connectivity index (χ2v) is 5.40. The quantitative estimate of drug-likeness (QED) is 0.640. The number of nitrogens with one attached hydrogen (secondary N) is 2. The lowest BCUT2D eigenvalue weighted by Gasteiger charge is -2.17. The van der Waals surface area contributed by atoms with Crippen LogP contribution in [-0.2, 0) is 11.2 Å². The van der Waals surface area contributed by atoms with Crippen LogP contribution < -0.4 is 15.5 Å². The highest BCUT2D eigenvalue weighted by Gasteiger charge is 2.22. The van der Waals surface area contributed by atoms with Crippen LogP contribution in [0, 0.1) is 0 Å². The number of anilines is 1. The van der Waals surface area contributed by atoms with Gasteiger partial charge in [0, 0.05) is 19.8 Å². The highest BCUT2D eigenvalue weighted by atomic mass is 16.2. The second-order valence-electron chi connectivity index (χ2n) is 5.40. The summed E-state index contributed by atoms with van der Waals surface area (Å²) in [6, 6.07) is 11.3. The van der Waals surface area contributed by atoms with Gasteiger partial charge in [0.1, 0.15) is 5.70 Å². The van der Waals surface area contributed by atoms with E-state index < -0.39 is 11.9 Å². The molecular formula is C17H17N5O2. The lowest BCUT2D eigenvalue weighted by Crippen LogP contribution is -2.22. The fourth-order valence-corrected chi connectivity index (χ4v) is 2.30. The first kappa shape index (κ1) is 15.7. The van der Waals surface area contributed by atoms with Crippen molar-refractivity contribution >= 4 is 24.0 Å². The highest BCUT2D eigenvalue weighted by molar-refractivity contribution is 6.13. The van der Waals surface area contributed by atoms with E-state index in [-0.39, 0.29) is 5.70 Å². The molecule has 2 N–H and O–H groups in total. The van der Waals surface area contributed by atoms with Crippen LogP contribution in [-0.4, -0.2) is 35.5 Å². The SMILES string of the molecule is CN(CCc1ccccc1)c1nccc(/C=C2\NC(=O)NC2=O)n1. The van der Waals surface area contributed by atoms with E-state index in [1.807, 2.05) is 30.1 Å². The van der Waals surface area contributed by atoms with Crippen molar-refractivity contribution in [2.24, 2.45) is 0 Å². The molecule has 2 aromatic rings. The van der Waals surface area contributed by atoms with Gasteiger partial charge in [0.25, 0.3) is 5.91 Å². The number of carbonyl (C=O) groups is 2. The van der Waals surface area contributed by atoms with Crippen LogP contribution in [0.4, 0.5) is 10.7 Å². The van der Waals surface area contributed by atoms with E-state index in [9.17, 15) is 9.59 Å². The molecule has 7 heteroatoms. The zero-order valence-corrected chi connectivity index (χ0v) is 13.2. The van der Waals surface area contributed by atoms with Crippen LogP contribution >= 0.6 is 0 Å². The predicted octanol–water partition coefficient (Wildman–Crippen LogP) is 1.34. The van der Waals surface area contributed by atoms with Gasteiger partial charge >= 0.3 is 6.03 Å². The molecule has 0 spiro atoms. The molecule has 0 aliphatic carbocycles. The third kappa shape index (κ3) is 3.75. The van der Waals surface area contributed by atoms with Crippen LogP contribution in [0.3, 0.4) is 0 Å². The molecule has 1 saturated heterocycles. The number of amides is 3. The molecule has 2 heterocycles. The van der Waals surface area contributed by atoms with Gasteiger partial charge in [-0.25, -0.2) is 14.8 Å². The van der Waals surface area contributed by atoms with Crippen LogP contribution in [0.1, 0.15) is 11.3 Å². The van der Waals surface area contributed by atoms with Crippen LogP contribution in [0.5, 0.6) is 0 Å². The normalized spacial score (nSPS) is 15.3. The fraction of sp³-hybridized carbons (Fsp3) is 0.176. The molecule has 1 aliphatic rings. The van der Waals surface area contributed by atoms with Gasteiger partial charge in [0.15, 0.2) is 0 Å². The Morgan fingerprint density at radius 1 is 1.12 bits per heavy atom. The summed E-state index contributed by atoms with van der Waals surface area (Å²) in [6.45, 7) is 0.765. The van der Waals surface area contributed by atoms with Gasteiger partial charge in [-0.15, -0.1) is 0 Å². The van der Waals surface area contributed by atoms with E-state index in [1.165, 1.54) is 11.6 Å². The molecule has 1 aromatic heterocycles. The number of likely N-dealkylation sites (N-methyl/N-ethyl adjacent to an activating group) is 1. The summed E-state index contributed by atoms with van der Waals surface area (Å²) >= 11 is 0. The average molecular weight is 323 g/mol. The zero-order valence-electron chi connectivity index (χ0n) is 13.2. The van der Waals surface area contributed by atoms with E-state index in [1.54, 1.807) is 12.3 Å². The number of rotatable bonds is 5. The maximum Gasteiger partial charge on any atom is 0.326 e. The topological polar surface area (TPSA) is 87.2 Å². The Kier molecular flexibility index (Phi) is 4.51. The largest absolute Gasteiger partial charge is 0.344 e. The third-order valence-corrected chi connectivity index (χ3v) is 3.60. The van der Waals surface area contributed by atoms with Crippen LogP contribution in [0.25, 0.3) is 6.08 Å². The van der Waals surface area contributed by atoms with Gasteiger partial charge in [-0.2, -0.15) is 0 Å². The van der Waals surface area contributed by atoms with Crippen molar-refractivity contribution < 1.29 is 9.59 Å². The van der Waals surface area contributed by atoms with Crippen molar-refractivity contribution in [1.82, 2.24) is 20.6 Å². The monoisotopic (exact) mass is 323 g/mol. The number of nitrogens with zero attached hydrogens (tertiary/aromatic N) is 3. The zero-order chi connectivity index (χ0) is 16.9. The molecule has 1 aliphatic heterocycles. The van der Waals surface area contributed by atoms with E-state index in [4.69, 9.17) is 0 Å². The average Bonchev–Trinajstić information content (AvgIpc) is 2.91. The van der Waals surface area contributed by atoms with E-state index in [0.717, 1.165) is 13.0 Å². The number of urea groups is 1. The smallest absolute Gasteiger partial charge is 0.326 e. The minimum atomic E-state index is -0.527. The lowest BCUT2D eigenvalue weighted by atomic mass is 10.1. The molecule has 7 nitrogen and oxygen atoms in total. The minimum Gasteiger partial charge on any atom is -0.344 e. The van der Waals surface area contributed by atoms with Gasteiger partial charge in [-0.1, -0.05) is 30.3 Å². The first-order chi connectivity index (χ1) is 11.6. The standard InChI is InChI=1S/C17H17N5O2/c1-22(10-8-12-5-3-2-4-6-12)16-18-9-7-13(19-16)11-14-15(23)21-17(24)20-14/h2-7,9,11H,8,10H2,1H3,(H2,20,21,23,24)/b14-11-. The summed E-state index contributed by atoms with van der Waals surface area (Å²) in [5, 5.41) is 4.59. The molecule has 0 bridgehead atoms. The Morgan fingerprint density at radius 3 is 2.62 bits per heavy atom. The molecule has 0 unspecified atom stereocenters. The van der Waals surface area contributed by atoms with Crippen molar-refractivity contribution in [3.63, 3.8) is 0 Å². The molecule has 1 fully saturated rings. The van der Waals surface area contributed by atoms with E-state index in [0.29, 0.717) is 11.6 Å². The number of benzene rings is 1. The van der Waals surface area contributed by atoms with Crippen molar-refractivity contribution in [3.05, 3.63) is 59.5 Å². The number of aromatic nitrogens is 2. The maximum absolute atomic E-state index is 11.6. The maximum atomic E-state index is 11.6. The number of hydrogen-bond donors (Lipinski definition) is 2. The Labute approximate surface area is 139 Å². The van der Waals surface area contributed by atoms with Gasteiger partial charge in [-0.3, -0.25) is 10.1 Å². The Hall–Kier alpha value is -3.22. The van der Waals surface area contributed by atoms with E-state index in [2.05, 4.69) is 32.7 Å². The summed E-state index contributed by atoms with van der Waals surface area (Å²) in [5.74, 6) is 0.0996. The van der Waals surface area contributed by atoms with Gasteiger partial charge in [0.2, 0.25) is 5.95 Å². The molecule has 0 radical (unpaired) electrons. The van der Waals surface area contributed by atoms with Crippen LogP contribution in [0.15, 0.2) is 48.3 Å². The second kappa shape index (κ2) is 6.91. The van der Waals surface area contributed by atoms with Crippen molar-refractivity contribution in [1.29, 1.82) is 0 Å². The van der Waals surface area contributed by atoms with Crippen molar-refractivity contribution in [3.8, 4) is 0 Å². The summed E-state index contributed by atoms with van der Waals surface area (Å²) < 4.78 is 0. The molecule has 1 aromatic carbocycles. The number of carbonyl (C=O) groups excluding carboxylic acids is 2.